The van der Waals surface area contributed by atoms with E-state index in [9.17, 15) is 8.78 Å². The lowest BCUT2D eigenvalue weighted by atomic mass is 10.1. The van der Waals surface area contributed by atoms with Gasteiger partial charge in [-0.05, 0) is 23.8 Å². The number of nitrogens with two attached hydrogens (primary N) is 1. The monoisotopic (exact) mass is 260 g/mol. The van der Waals surface area contributed by atoms with Crippen LogP contribution in [0.2, 0.25) is 0 Å². The predicted octanol–water partition coefficient (Wildman–Crippen LogP) is 2.36. The molecule has 0 spiro atoms. The minimum Gasteiger partial charge on any atom is -0.346 e. The van der Waals surface area contributed by atoms with Crippen LogP contribution < -0.4 is 5.73 Å². The summed E-state index contributed by atoms with van der Waals surface area (Å²) in [6.45, 7) is 0.310. The Labute approximate surface area is 107 Å². The number of fused-ring (bicyclic) bond motifs is 1. The minimum absolute atomic E-state index is 0.310. The fourth-order valence-corrected chi connectivity index (χ4v) is 2.05. The lowest BCUT2D eigenvalue weighted by molar-refractivity contribution is 0.509. The molecule has 96 valence electrons. The molecule has 0 aliphatic carbocycles. The van der Waals surface area contributed by atoms with E-state index in [1.54, 1.807) is 6.20 Å². The molecule has 6 heteroatoms. The third-order valence-corrected chi connectivity index (χ3v) is 2.96. The maximum absolute atomic E-state index is 13.3. The molecule has 1 aromatic carbocycles. The van der Waals surface area contributed by atoms with Gasteiger partial charge in [0.2, 0.25) is 0 Å². The molecule has 0 unspecified atom stereocenters. The number of aromatic amines is 1. The molecule has 0 bridgehead atoms. The average Bonchev–Trinajstić information content (AvgIpc) is 2.85. The number of hydrogen-bond acceptors (Lipinski definition) is 3. The smallest absolute Gasteiger partial charge is 0.159 e. The van der Waals surface area contributed by atoms with Crippen LogP contribution in [0.1, 0.15) is 5.56 Å². The molecule has 0 radical (unpaired) electrons. The Bertz CT molecular complexity index is 751. The number of H-pyrrole nitrogens is 1. The van der Waals surface area contributed by atoms with E-state index in [1.165, 1.54) is 12.4 Å². The van der Waals surface area contributed by atoms with Gasteiger partial charge in [0, 0.05) is 23.7 Å². The normalized spacial score (nSPS) is 11.1. The fourth-order valence-electron chi connectivity index (χ4n) is 2.05. The summed E-state index contributed by atoms with van der Waals surface area (Å²) in [6.07, 6.45) is 3.11. The molecule has 0 aliphatic heterocycles. The Balaban J connectivity index is 2.29. The van der Waals surface area contributed by atoms with Crippen LogP contribution in [-0.2, 0) is 6.54 Å². The highest BCUT2D eigenvalue weighted by molar-refractivity contribution is 5.93. The molecule has 2 heterocycles. The molecule has 2 aromatic heterocycles. The number of halogens is 2. The zero-order chi connectivity index (χ0) is 13.4. The van der Waals surface area contributed by atoms with Crippen LogP contribution in [0.4, 0.5) is 8.78 Å². The van der Waals surface area contributed by atoms with Gasteiger partial charge in [-0.25, -0.2) is 18.7 Å². The first-order valence-corrected chi connectivity index (χ1v) is 5.67. The third kappa shape index (κ3) is 1.86. The van der Waals surface area contributed by atoms with Crippen LogP contribution in [0.15, 0.2) is 30.7 Å². The summed E-state index contributed by atoms with van der Waals surface area (Å²) in [5.41, 5.74) is 8.12. The molecule has 19 heavy (non-hydrogen) atoms. The van der Waals surface area contributed by atoms with Crippen molar-refractivity contribution in [3.8, 4) is 11.3 Å². The maximum Gasteiger partial charge on any atom is 0.159 e. The molecule has 0 fully saturated rings. The number of nitrogens with zero attached hydrogens (tertiary/aromatic N) is 2. The van der Waals surface area contributed by atoms with Crippen LogP contribution in [-0.4, -0.2) is 15.0 Å². The third-order valence-electron chi connectivity index (χ3n) is 2.96. The minimum atomic E-state index is -0.908. The summed E-state index contributed by atoms with van der Waals surface area (Å²) in [6, 6.07) is 3.67. The van der Waals surface area contributed by atoms with Crippen molar-refractivity contribution in [3.05, 3.63) is 47.9 Å². The van der Waals surface area contributed by atoms with E-state index in [-0.39, 0.29) is 0 Å². The average molecular weight is 260 g/mol. The van der Waals surface area contributed by atoms with E-state index < -0.39 is 11.6 Å². The van der Waals surface area contributed by atoms with E-state index in [0.717, 1.165) is 23.1 Å². The Morgan fingerprint density at radius 3 is 2.74 bits per heavy atom. The number of aromatic nitrogens is 3. The molecular weight excluding hydrogens is 250 g/mol. The highest BCUT2D eigenvalue weighted by Crippen LogP contribution is 2.28. The molecule has 0 aliphatic rings. The van der Waals surface area contributed by atoms with Gasteiger partial charge >= 0.3 is 0 Å². The van der Waals surface area contributed by atoms with Gasteiger partial charge in [-0.15, -0.1) is 0 Å². The number of hydrogen-bond donors (Lipinski definition) is 2. The van der Waals surface area contributed by atoms with Gasteiger partial charge in [-0.2, -0.15) is 0 Å². The summed E-state index contributed by atoms with van der Waals surface area (Å²) < 4.78 is 26.3. The highest BCUT2D eigenvalue weighted by atomic mass is 19.2. The lowest BCUT2D eigenvalue weighted by Crippen LogP contribution is -1.97. The summed E-state index contributed by atoms with van der Waals surface area (Å²) in [7, 11) is 0. The molecule has 3 N–H and O–H groups in total. The molecule has 3 rings (SSSR count). The van der Waals surface area contributed by atoms with Crippen LogP contribution >= 0.6 is 0 Å². The van der Waals surface area contributed by atoms with Crippen molar-refractivity contribution in [3.63, 3.8) is 0 Å². The molecular formula is C13H10F2N4. The second-order valence-corrected chi connectivity index (χ2v) is 4.09. The van der Waals surface area contributed by atoms with Gasteiger partial charge in [-0.3, -0.25) is 0 Å². The second-order valence-electron chi connectivity index (χ2n) is 4.09. The van der Waals surface area contributed by atoms with Crippen molar-refractivity contribution in [2.75, 3.05) is 0 Å². The number of rotatable bonds is 2. The summed E-state index contributed by atoms with van der Waals surface area (Å²) in [5, 5.41) is 0.732. The van der Waals surface area contributed by atoms with Crippen LogP contribution in [0.5, 0.6) is 0 Å². The SMILES string of the molecule is NCc1c[nH]c2ncnc(-c3ccc(F)c(F)c3)c12. The van der Waals surface area contributed by atoms with E-state index in [0.29, 0.717) is 23.4 Å². The predicted molar refractivity (Wildman–Crippen MR) is 67.1 cm³/mol. The van der Waals surface area contributed by atoms with Crippen molar-refractivity contribution >= 4 is 11.0 Å². The first-order valence-electron chi connectivity index (χ1n) is 5.67. The van der Waals surface area contributed by atoms with Crippen molar-refractivity contribution in [1.29, 1.82) is 0 Å². The fraction of sp³-hybridized carbons (Fsp3) is 0.0769. The Hall–Kier alpha value is -2.34. The molecule has 4 nitrogen and oxygen atoms in total. The van der Waals surface area contributed by atoms with Gasteiger partial charge in [0.15, 0.2) is 11.6 Å². The van der Waals surface area contributed by atoms with Crippen LogP contribution in [0.3, 0.4) is 0 Å². The summed E-state index contributed by atoms with van der Waals surface area (Å²) >= 11 is 0. The quantitative estimate of drug-likeness (QED) is 0.743. The van der Waals surface area contributed by atoms with E-state index in [2.05, 4.69) is 15.0 Å². The zero-order valence-electron chi connectivity index (χ0n) is 9.82. The lowest BCUT2D eigenvalue weighted by Gasteiger charge is -2.04. The number of nitrogens with one attached hydrogen (secondary N) is 1. The van der Waals surface area contributed by atoms with E-state index >= 15 is 0 Å². The second kappa shape index (κ2) is 4.40. The van der Waals surface area contributed by atoms with Gasteiger partial charge in [0.05, 0.1) is 5.69 Å². The Morgan fingerprint density at radius 1 is 1.16 bits per heavy atom. The molecule has 0 atom stereocenters. The van der Waals surface area contributed by atoms with Gasteiger partial charge < -0.3 is 10.7 Å². The van der Waals surface area contributed by atoms with Gasteiger partial charge in [0.25, 0.3) is 0 Å². The van der Waals surface area contributed by atoms with E-state index in [1.807, 2.05) is 0 Å². The van der Waals surface area contributed by atoms with Crippen LogP contribution in [0.25, 0.3) is 22.3 Å². The molecule has 0 amide bonds. The zero-order valence-corrected chi connectivity index (χ0v) is 9.82. The molecule has 0 saturated carbocycles. The Kier molecular flexibility index (Phi) is 2.72. The summed E-state index contributed by atoms with van der Waals surface area (Å²) in [5.74, 6) is -1.80. The first kappa shape index (κ1) is 11.7. The van der Waals surface area contributed by atoms with Crippen molar-refractivity contribution in [2.24, 2.45) is 5.73 Å². The molecule has 0 saturated heterocycles. The highest BCUT2D eigenvalue weighted by Gasteiger charge is 2.13. The molecule has 3 aromatic rings. The van der Waals surface area contributed by atoms with Crippen molar-refractivity contribution in [2.45, 2.75) is 6.54 Å². The topological polar surface area (TPSA) is 67.6 Å². The summed E-state index contributed by atoms with van der Waals surface area (Å²) in [4.78, 5) is 11.2. The Morgan fingerprint density at radius 2 is 2.00 bits per heavy atom. The number of benzene rings is 1. The van der Waals surface area contributed by atoms with Crippen molar-refractivity contribution in [1.82, 2.24) is 15.0 Å². The van der Waals surface area contributed by atoms with Gasteiger partial charge in [0.1, 0.15) is 12.0 Å². The van der Waals surface area contributed by atoms with Crippen molar-refractivity contribution < 1.29 is 8.78 Å². The van der Waals surface area contributed by atoms with Crippen LogP contribution in [0, 0.1) is 11.6 Å². The maximum atomic E-state index is 13.3. The van der Waals surface area contributed by atoms with Gasteiger partial charge in [-0.1, -0.05) is 0 Å². The largest absolute Gasteiger partial charge is 0.346 e. The standard InChI is InChI=1S/C13H10F2N4/c14-9-2-1-7(3-10(9)15)12-11-8(4-16)5-17-13(11)19-6-18-12/h1-3,5-6H,4,16H2,(H,17,18,19). The first-order chi connectivity index (χ1) is 9.20. The van der Waals surface area contributed by atoms with E-state index in [4.69, 9.17) is 5.73 Å².